The third kappa shape index (κ3) is 11.0. The quantitative estimate of drug-likeness (QED) is 0.112. The number of piperidine rings is 1. The Balaban J connectivity index is 0.933. The van der Waals surface area contributed by atoms with E-state index in [0.29, 0.717) is 36.9 Å². The van der Waals surface area contributed by atoms with E-state index in [1.807, 2.05) is 43.3 Å². The molecule has 2 aliphatic rings. The maximum absolute atomic E-state index is 12.9. The number of sulfonamides is 1. The van der Waals surface area contributed by atoms with Gasteiger partial charge in [0.1, 0.15) is 24.2 Å². The maximum atomic E-state index is 12.9. The number of nitrogens with one attached hydrogen (secondary N) is 5. The number of ether oxygens (including phenoxy) is 1. The van der Waals surface area contributed by atoms with E-state index >= 15 is 0 Å². The molecule has 0 spiro atoms. The number of piperazine rings is 1. The molecule has 1 aromatic heterocycles. The number of nitrogens with zero attached hydrogens (tertiary/aromatic N) is 4. The lowest BCUT2D eigenvalue weighted by Crippen LogP contribution is -2.47. The number of hydrogen-bond acceptors (Lipinski definition) is 12. The van der Waals surface area contributed by atoms with Crippen molar-refractivity contribution in [3.05, 3.63) is 90.1 Å². The summed E-state index contributed by atoms with van der Waals surface area (Å²) in [5.41, 5.74) is 3.65. The molecule has 54 heavy (non-hydrogen) atoms. The van der Waals surface area contributed by atoms with E-state index in [9.17, 15) is 18.0 Å². The highest BCUT2D eigenvalue weighted by Crippen LogP contribution is 2.25. The summed E-state index contributed by atoms with van der Waals surface area (Å²) in [4.78, 5) is 37.7. The molecule has 2 amide bonds. The molecule has 15 heteroatoms. The van der Waals surface area contributed by atoms with Gasteiger partial charge in [-0.1, -0.05) is 18.2 Å². The van der Waals surface area contributed by atoms with E-state index in [2.05, 4.69) is 57.9 Å². The first-order chi connectivity index (χ1) is 25.8. The minimum Gasteiger partial charge on any atom is -0.492 e. The molecule has 0 bridgehead atoms. The first-order valence-corrected chi connectivity index (χ1v) is 19.6. The number of aromatic nitrogens is 2. The van der Waals surface area contributed by atoms with Crippen LogP contribution in [0.4, 0.5) is 28.8 Å². The van der Waals surface area contributed by atoms with Gasteiger partial charge in [-0.15, -0.1) is 0 Å². The molecule has 1 unspecified atom stereocenters. The van der Waals surface area contributed by atoms with Crippen LogP contribution in [0.15, 0.2) is 83.9 Å². The molecule has 3 aromatic carbocycles. The fourth-order valence-corrected chi connectivity index (χ4v) is 7.71. The Labute approximate surface area is 317 Å². The smallest absolute Gasteiger partial charge is 0.249 e. The van der Waals surface area contributed by atoms with Crippen molar-refractivity contribution >= 4 is 50.7 Å². The second-order valence-corrected chi connectivity index (χ2v) is 16.4. The van der Waals surface area contributed by atoms with E-state index in [1.54, 1.807) is 51.2 Å². The zero-order valence-electron chi connectivity index (χ0n) is 31.2. The molecule has 0 saturated carbocycles. The average molecular weight is 756 g/mol. The number of benzene rings is 3. The summed E-state index contributed by atoms with van der Waals surface area (Å²) in [6, 6.07) is 22.0. The Morgan fingerprint density at radius 3 is 2.35 bits per heavy atom. The second kappa shape index (κ2) is 16.9. The van der Waals surface area contributed by atoms with Gasteiger partial charge in [0, 0.05) is 80.1 Å². The topological polar surface area (TPSA) is 170 Å². The Bertz CT molecular complexity index is 2050. The molecule has 14 nitrogen and oxygen atoms in total. The number of anilines is 5. The molecule has 0 radical (unpaired) electrons. The SMILES string of the molecule is Cc1cnc(Nc2ccc(OCCN3CCN(Cc4cccc(NC5CCC(=O)NC5=O)c4)CC3)cc2)nc1Nc1cccc(S(=O)(=O)NC(C)(C)C)c1. The van der Waals surface area contributed by atoms with E-state index in [-0.39, 0.29) is 16.7 Å². The van der Waals surface area contributed by atoms with Crippen molar-refractivity contribution in [2.24, 2.45) is 0 Å². The minimum atomic E-state index is -3.69. The predicted octanol–water partition coefficient (Wildman–Crippen LogP) is 4.76. The molecule has 1 atom stereocenters. The van der Waals surface area contributed by atoms with Crippen molar-refractivity contribution < 1.29 is 22.7 Å². The number of hydrogen-bond donors (Lipinski definition) is 5. The van der Waals surface area contributed by atoms with Crippen molar-refractivity contribution in [1.29, 1.82) is 0 Å². The molecule has 2 fully saturated rings. The standard InChI is InChI=1S/C39H49N9O5S/c1-27-25-40-38(45-36(27)42-31-9-6-10-33(24-31)54(51,52)46-39(2,3)4)43-29-11-13-32(14-12-29)53-22-21-47-17-19-48(20-18-47)26-28-7-5-8-30(23-28)41-34-15-16-35(49)44-37(34)50/h5-14,23-25,34,41,46H,15-22,26H2,1-4H3,(H,44,49,50)(H2,40,42,43,45). The van der Waals surface area contributed by atoms with Gasteiger partial charge in [0.25, 0.3) is 0 Å². The molecular formula is C39H49N9O5S. The van der Waals surface area contributed by atoms with E-state index in [1.165, 1.54) is 5.56 Å². The zero-order valence-corrected chi connectivity index (χ0v) is 32.0. The summed E-state index contributed by atoms with van der Waals surface area (Å²) in [5.74, 6) is 1.24. The van der Waals surface area contributed by atoms with Gasteiger partial charge in [-0.2, -0.15) is 4.98 Å². The van der Waals surface area contributed by atoms with Gasteiger partial charge in [-0.3, -0.25) is 24.7 Å². The van der Waals surface area contributed by atoms with Gasteiger partial charge in [0.05, 0.1) is 4.90 Å². The van der Waals surface area contributed by atoms with Crippen LogP contribution in [0, 0.1) is 6.92 Å². The van der Waals surface area contributed by atoms with E-state index < -0.39 is 21.6 Å². The molecule has 5 N–H and O–H groups in total. The molecule has 3 heterocycles. The van der Waals surface area contributed by atoms with Crippen LogP contribution in [-0.2, 0) is 26.2 Å². The van der Waals surface area contributed by atoms with Gasteiger partial charge in [-0.05, 0) is 94.3 Å². The van der Waals surface area contributed by atoms with Crippen molar-refractivity contribution in [1.82, 2.24) is 29.8 Å². The molecule has 286 valence electrons. The first kappa shape index (κ1) is 38.6. The lowest BCUT2D eigenvalue weighted by Gasteiger charge is -2.34. The predicted molar refractivity (Wildman–Crippen MR) is 210 cm³/mol. The highest BCUT2D eigenvalue weighted by molar-refractivity contribution is 7.89. The number of carbonyl (C=O) groups is 2. The van der Waals surface area contributed by atoms with Crippen LogP contribution in [0.25, 0.3) is 0 Å². The van der Waals surface area contributed by atoms with Crippen molar-refractivity contribution in [3.8, 4) is 5.75 Å². The molecule has 6 rings (SSSR count). The summed E-state index contributed by atoms with van der Waals surface area (Å²) in [6.45, 7) is 13.3. The molecule has 2 saturated heterocycles. The fourth-order valence-electron chi connectivity index (χ4n) is 6.25. The molecule has 4 aromatic rings. The summed E-state index contributed by atoms with van der Waals surface area (Å²) >= 11 is 0. The summed E-state index contributed by atoms with van der Waals surface area (Å²) in [7, 11) is -3.69. The van der Waals surface area contributed by atoms with Crippen LogP contribution in [0.3, 0.4) is 0 Å². The average Bonchev–Trinajstić information content (AvgIpc) is 3.12. The Morgan fingerprint density at radius 2 is 1.61 bits per heavy atom. The van der Waals surface area contributed by atoms with Crippen LogP contribution in [0.1, 0.15) is 44.7 Å². The molecule has 0 aliphatic carbocycles. The van der Waals surface area contributed by atoms with Crippen LogP contribution in [0.5, 0.6) is 5.75 Å². The highest BCUT2D eigenvalue weighted by atomic mass is 32.2. The van der Waals surface area contributed by atoms with Crippen molar-refractivity contribution in [2.45, 2.75) is 63.6 Å². The largest absolute Gasteiger partial charge is 0.492 e. The van der Waals surface area contributed by atoms with Crippen LogP contribution in [0.2, 0.25) is 0 Å². The maximum Gasteiger partial charge on any atom is 0.249 e. The number of aryl methyl sites for hydroxylation is 1. The summed E-state index contributed by atoms with van der Waals surface area (Å²) in [5, 5.41) is 12.1. The van der Waals surface area contributed by atoms with Crippen LogP contribution in [-0.4, -0.2) is 90.9 Å². The van der Waals surface area contributed by atoms with Crippen LogP contribution >= 0.6 is 0 Å². The van der Waals surface area contributed by atoms with Gasteiger partial charge in [-0.25, -0.2) is 18.1 Å². The Kier molecular flexibility index (Phi) is 12.1. The third-order valence-electron chi connectivity index (χ3n) is 8.98. The van der Waals surface area contributed by atoms with Crippen LogP contribution < -0.4 is 30.7 Å². The summed E-state index contributed by atoms with van der Waals surface area (Å²) < 4.78 is 34.4. The highest BCUT2D eigenvalue weighted by Gasteiger charge is 2.26. The fraction of sp³-hybridized carbons (Fsp3) is 0.385. The normalized spacial score (nSPS) is 17.1. The number of rotatable bonds is 14. The first-order valence-electron chi connectivity index (χ1n) is 18.2. The lowest BCUT2D eigenvalue weighted by molar-refractivity contribution is -0.133. The lowest BCUT2D eigenvalue weighted by atomic mass is 10.1. The molecular weight excluding hydrogens is 707 g/mol. The van der Waals surface area contributed by atoms with Crippen molar-refractivity contribution in [3.63, 3.8) is 0 Å². The zero-order chi connectivity index (χ0) is 38.3. The van der Waals surface area contributed by atoms with E-state index in [0.717, 1.165) is 62.0 Å². The number of amides is 2. The van der Waals surface area contributed by atoms with Gasteiger partial charge in [0.15, 0.2) is 0 Å². The third-order valence-corrected chi connectivity index (χ3v) is 10.7. The monoisotopic (exact) mass is 755 g/mol. The second-order valence-electron chi connectivity index (χ2n) is 14.7. The Morgan fingerprint density at radius 1 is 0.889 bits per heavy atom. The Hall–Kier alpha value is -5.09. The number of carbonyl (C=O) groups excluding carboxylic acids is 2. The van der Waals surface area contributed by atoms with Gasteiger partial charge < -0.3 is 20.7 Å². The summed E-state index contributed by atoms with van der Waals surface area (Å²) in [6.07, 6.45) is 2.55. The minimum absolute atomic E-state index is 0.162. The van der Waals surface area contributed by atoms with Gasteiger partial charge >= 0.3 is 0 Å². The molecule has 2 aliphatic heterocycles. The number of imide groups is 1. The van der Waals surface area contributed by atoms with Gasteiger partial charge in [0.2, 0.25) is 27.8 Å². The van der Waals surface area contributed by atoms with Crippen molar-refractivity contribution in [2.75, 3.05) is 55.3 Å². The van der Waals surface area contributed by atoms with E-state index in [4.69, 9.17) is 4.74 Å².